The van der Waals surface area contributed by atoms with Crippen LogP contribution in [-0.4, -0.2) is 0 Å². The van der Waals surface area contributed by atoms with Crippen molar-refractivity contribution in [1.29, 1.82) is 0 Å². The number of rotatable bonds is 1. The fourth-order valence-corrected chi connectivity index (χ4v) is 1.38. The second-order valence-corrected chi connectivity index (χ2v) is 4.82. The summed E-state index contributed by atoms with van der Waals surface area (Å²) in [7, 11) is 0. The molecule has 14 heavy (non-hydrogen) atoms. The minimum absolute atomic E-state index is 0.116. The van der Waals surface area contributed by atoms with Gasteiger partial charge in [0.2, 0.25) is 0 Å². The molecule has 1 rings (SSSR count). The molecule has 0 radical (unpaired) electrons. The summed E-state index contributed by atoms with van der Waals surface area (Å²) in [5.74, 6) is -0.171. The predicted octanol–water partition coefficient (Wildman–Crippen LogP) is 3.18. The maximum Gasteiger partial charge on any atom is 0.130 e. The van der Waals surface area contributed by atoms with E-state index in [9.17, 15) is 4.39 Å². The third-order valence-electron chi connectivity index (χ3n) is 2.49. The molecule has 1 aromatic carbocycles. The van der Waals surface area contributed by atoms with E-state index in [1.54, 1.807) is 19.1 Å². The molecule has 0 saturated carbocycles. The molecule has 0 amide bonds. The van der Waals surface area contributed by atoms with Gasteiger partial charge in [-0.3, -0.25) is 0 Å². The van der Waals surface area contributed by atoms with Crippen molar-refractivity contribution in [3.8, 4) is 0 Å². The molecule has 1 aromatic rings. The first kappa shape index (κ1) is 11.2. The van der Waals surface area contributed by atoms with E-state index < -0.39 is 0 Å². The zero-order chi connectivity index (χ0) is 10.9. The van der Waals surface area contributed by atoms with Crippen molar-refractivity contribution < 1.29 is 4.39 Å². The van der Waals surface area contributed by atoms with Gasteiger partial charge in [0.25, 0.3) is 0 Å². The molecular weight excluding hydrogens is 177 g/mol. The summed E-state index contributed by atoms with van der Waals surface area (Å²) in [6, 6.07) is 5.11. The Hall–Kier alpha value is -0.890. The van der Waals surface area contributed by atoms with Crippen LogP contribution in [0.15, 0.2) is 18.2 Å². The van der Waals surface area contributed by atoms with E-state index in [0.29, 0.717) is 11.1 Å². The second kappa shape index (κ2) is 3.70. The number of hydrogen-bond acceptors (Lipinski definition) is 1. The Bertz CT molecular complexity index is 326. The zero-order valence-corrected chi connectivity index (χ0v) is 9.26. The van der Waals surface area contributed by atoms with Crippen LogP contribution in [0, 0.1) is 18.2 Å². The lowest BCUT2D eigenvalue weighted by Crippen LogP contribution is -2.27. The first-order valence-electron chi connectivity index (χ1n) is 4.84. The Morgan fingerprint density at radius 3 is 2.36 bits per heavy atom. The van der Waals surface area contributed by atoms with Crippen LogP contribution in [0.1, 0.15) is 37.9 Å². The van der Waals surface area contributed by atoms with E-state index in [-0.39, 0.29) is 17.3 Å². The summed E-state index contributed by atoms with van der Waals surface area (Å²) < 4.78 is 13.7. The van der Waals surface area contributed by atoms with Gasteiger partial charge in [0.1, 0.15) is 5.82 Å². The molecule has 1 nitrogen and oxygen atoms in total. The Labute approximate surface area is 85.1 Å². The lowest BCUT2D eigenvalue weighted by Gasteiger charge is -2.28. The van der Waals surface area contributed by atoms with Crippen LogP contribution in [-0.2, 0) is 0 Å². The molecule has 0 aliphatic carbocycles. The first-order valence-corrected chi connectivity index (χ1v) is 4.84. The summed E-state index contributed by atoms with van der Waals surface area (Å²) in [4.78, 5) is 0. The van der Waals surface area contributed by atoms with Gasteiger partial charge in [0.15, 0.2) is 0 Å². The van der Waals surface area contributed by atoms with Gasteiger partial charge in [-0.1, -0.05) is 39.0 Å². The quantitative estimate of drug-likeness (QED) is 0.731. The van der Waals surface area contributed by atoms with E-state index in [0.717, 1.165) is 0 Å². The minimum atomic E-state index is -0.262. The Morgan fingerprint density at radius 2 is 1.86 bits per heavy atom. The molecule has 78 valence electrons. The number of benzene rings is 1. The Kier molecular flexibility index (Phi) is 2.95. The molecule has 1 atom stereocenters. The summed E-state index contributed by atoms with van der Waals surface area (Å²) in [6.45, 7) is 7.80. The maximum atomic E-state index is 13.7. The topological polar surface area (TPSA) is 26.0 Å². The summed E-state index contributed by atoms with van der Waals surface area (Å²) >= 11 is 0. The molecule has 0 spiro atoms. The van der Waals surface area contributed by atoms with Gasteiger partial charge in [-0.2, -0.15) is 0 Å². The SMILES string of the molecule is Cc1cccc([C@H](N)C(C)(C)C)c1F. The van der Waals surface area contributed by atoms with E-state index in [2.05, 4.69) is 0 Å². The van der Waals surface area contributed by atoms with E-state index in [4.69, 9.17) is 5.73 Å². The molecule has 0 aliphatic rings. The van der Waals surface area contributed by atoms with Crippen LogP contribution in [0.5, 0.6) is 0 Å². The van der Waals surface area contributed by atoms with Gasteiger partial charge >= 0.3 is 0 Å². The van der Waals surface area contributed by atoms with E-state index in [1.165, 1.54) is 0 Å². The molecule has 0 bridgehead atoms. The second-order valence-electron chi connectivity index (χ2n) is 4.82. The lowest BCUT2D eigenvalue weighted by atomic mass is 9.82. The predicted molar refractivity (Wildman–Crippen MR) is 57.5 cm³/mol. The molecule has 0 aromatic heterocycles. The van der Waals surface area contributed by atoms with Crippen molar-refractivity contribution >= 4 is 0 Å². The summed E-state index contributed by atoms with van der Waals surface area (Å²) in [5.41, 5.74) is 7.15. The lowest BCUT2D eigenvalue weighted by molar-refractivity contribution is 0.319. The highest BCUT2D eigenvalue weighted by molar-refractivity contribution is 5.28. The fraction of sp³-hybridized carbons (Fsp3) is 0.500. The molecular formula is C12H18FN. The Morgan fingerprint density at radius 1 is 1.29 bits per heavy atom. The molecule has 0 aliphatic heterocycles. The van der Waals surface area contributed by atoms with Crippen molar-refractivity contribution in [3.05, 3.63) is 35.1 Å². The van der Waals surface area contributed by atoms with Crippen LogP contribution in [0.2, 0.25) is 0 Å². The molecule has 0 fully saturated rings. The highest BCUT2D eigenvalue weighted by atomic mass is 19.1. The highest BCUT2D eigenvalue weighted by Crippen LogP contribution is 2.32. The van der Waals surface area contributed by atoms with Gasteiger partial charge in [-0.15, -0.1) is 0 Å². The van der Waals surface area contributed by atoms with Crippen molar-refractivity contribution in [2.45, 2.75) is 33.7 Å². The molecule has 0 unspecified atom stereocenters. The van der Waals surface area contributed by atoms with Crippen LogP contribution >= 0.6 is 0 Å². The van der Waals surface area contributed by atoms with E-state index >= 15 is 0 Å². The normalized spacial score (nSPS) is 14.1. The van der Waals surface area contributed by atoms with Crippen molar-refractivity contribution in [2.75, 3.05) is 0 Å². The van der Waals surface area contributed by atoms with E-state index in [1.807, 2.05) is 26.8 Å². The largest absolute Gasteiger partial charge is 0.323 e. The average Bonchev–Trinajstić information content (AvgIpc) is 2.07. The highest BCUT2D eigenvalue weighted by Gasteiger charge is 2.24. The molecule has 2 N–H and O–H groups in total. The van der Waals surface area contributed by atoms with Crippen LogP contribution in [0.3, 0.4) is 0 Å². The Balaban J connectivity index is 3.14. The van der Waals surface area contributed by atoms with Crippen molar-refractivity contribution in [3.63, 3.8) is 0 Å². The summed E-state index contributed by atoms with van der Waals surface area (Å²) in [6.07, 6.45) is 0. The van der Waals surface area contributed by atoms with Gasteiger partial charge in [0, 0.05) is 11.6 Å². The first-order chi connectivity index (χ1) is 6.34. The van der Waals surface area contributed by atoms with Crippen LogP contribution in [0.25, 0.3) is 0 Å². The monoisotopic (exact) mass is 195 g/mol. The van der Waals surface area contributed by atoms with Crippen molar-refractivity contribution in [2.24, 2.45) is 11.1 Å². The van der Waals surface area contributed by atoms with Crippen LogP contribution < -0.4 is 5.73 Å². The third-order valence-corrected chi connectivity index (χ3v) is 2.49. The zero-order valence-electron chi connectivity index (χ0n) is 9.26. The standard InChI is InChI=1S/C12H18FN/c1-8-6-5-7-9(10(8)13)11(14)12(2,3)4/h5-7,11H,14H2,1-4H3/t11-/m0/s1. The minimum Gasteiger partial charge on any atom is -0.323 e. The number of halogens is 1. The van der Waals surface area contributed by atoms with Crippen molar-refractivity contribution in [1.82, 2.24) is 0 Å². The van der Waals surface area contributed by atoms with Gasteiger partial charge in [0.05, 0.1) is 0 Å². The summed E-state index contributed by atoms with van der Waals surface area (Å²) in [5, 5.41) is 0. The number of hydrogen-bond donors (Lipinski definition) is 1. The van der Waals surface area contributed by atoms with Gasteiger partial charge in [-0.25, -0.2) is 4.39 Å². The molecule has 0 heterocycles. The number of nitrogens with two attached hydrogens (primary N) is 1. The fourth-order valence-electron chi connectivity index (χ4n) is 1.38. The van der Waals surface area contributed by atoms with Gasteiger partial charge < -0.3 is 5.73 Å². The maximum absolute atomic E-state index is 13.7. The molecule has 2 heteroatoms. The average molecular weight is 195 g/mol. The third kappa shape index (κ3) is 2.13. The molecule has 0 saturated heterocycles. The van der Waals surface area contributed by atoms with Gasteiger partial charge in [-0.05, 0) is 17.9 Å². The smallest absolute Gasteiger partial charge is 0.130 e. The van der Waals surface area contributed by atoms with Crippen LogP contribution in [0.4, 0.5) is 4.39 Å². The number of aryl methyl sites for hydroxylation is 1.